The highest BCUT2D eigenvalue weighted by molar-refractivity contribution is 7.89. The molecule has 2 aromatic carbocycles. The van der Waals surface area contributed by atoms with Crippen LogP contribution in [-0.4, -0.2) is 44.5 Å². The summed E-state index contributed by atoms with van der Waals surface area (Å²) in [6.07, 6.45) is 1.17. The van der Waals surface area contributed by atoms with E-state index in [9.17, 15) is 18.0 Å². The van der Waals surface area contributed by atoms with E-state index in [1.807, 2.05) is 13.8 Å². The van der Waals surface area contributed by atoms with Crippen LogP contribution in [0.25, 0.3) is 0 Å². The van der Waals surface area contributed by atoms with Gasteiger partial charge in [0.15, 0.2) is 9.84 Å². The highest BCUT2D eigenvalue weighted by atomic mass is 32.2. The minimum atomic E-state index is -3.12. The molecule has 0 saturated heterocycles. The molecule has 0 aliphatic rings. The molecule has 144 valence electrons. The predicted octanol–water partition coefficient (Wildman–Crippen LogP) is 2.97. The van der Waals surface area contributed by atoms with Gasteiger partial charge in [-0.3, -0.25) is 9.59 Å². The number of nitrogens with zero attached hydrogens (tertiary/aromatic N) is 1. The van der Waals surface area contributed by atoms with Gasteiger partial charge in [-0.25, -0.2) is 8.42 Å². The van der Waals surface area contributed by atoms with Crippen LogP contribution in [-0.2, 0) is 15.6 Å². The summed E-state index contributed by atoms with van der Waals surface area (Å²) in [5.74, 6) is -0.473. The third-order valence-electron chi connectivity index (χ3n) is 4.06. The van der Waals surface area contributed by atoms with E-state index in [2.05, 4.69) is 5.32 Å². The van der Waals surface area contributed by atoms with Crippen LogP contribution in [0.1, 0.15) is 40.1 Å². The summed E-state index contributed by atoms with van der Waals surface area (Å²) < 4.78 is 22.7. The number of benzene rings is 2. The number of rotatable bonds is 7. The van der Waals surface area contributed by atoms with Crippen molar-refractivity contribution in [2.45, 2.75) is 19.6 Å². The van der Waals surface area contributed by atoms with Crippen LogP contribution in [0, 0.1) is 0 Å². The van der Waals surface area contributed by atoms with Crippen molar-refractivity contribution >= 4 is 27.3 Å². The summed E-state index contributed by atoms with van der Waals surface area (Å²) in [5.41, 5.74) is 2.08. The van der Waals surface area contributed by atoms with E-state index in [0.717, 1.165) is 0 Å². The van der Waals surface area contributed by atoms with Crippen LogP contribution in [0.5, 0.6) is 0 Å². The standard InChI is InChI=1S/C20H24N2O4S/c1-4-22(5-2)20(24)17-7-6-8-18(13-17)21-19(23)16-11-9-15(10-12-16)14-27(3,25)26/h6-13H,4-5,14H2,1-3H3,(H,21,23). The smallest absolute Gasteiger partial charge is 0.255 e. The van der Waals surface area contributed by atoms with Gasteiger partial charge in [0.2, 0.25) is 0 Å². The second-order valence-corrected chi connectivity index (χ2v) is 8.42. The average molecular weight is 388 g/mol. The first-order valence-corrected chi connectivity index (χ1v) is 10.8. The molecular weight excluding hydrogens is 364 g/mol. The average Bonchev–Trinajstić information content (AvgIpc) is 2.62. The van der Waals surface area contributed by atoms with Gasteiger partial charge in [0.05, 0.1) is 5.75 Å². The number of carbonyl (C=O) groups excluding carboxylic acids is 2. The summed E-state index contributed by atoms with van der Waals surface area (Å²) >= 11 is 0. The van der Waals surface area contributed by atoms with Crippen molar-refractivity contribution in [3.63, 3.8) is 0 Å². The molecule has 0 fully saturated rings. The van der Waals surface area contributed by atoms with Crippen LogP contribution in [0.2, 0.25) is 0 Å². The number of hydrogen-bond acceptors (Lipinski definition) is 4. The second-order valence-electron chi connectivity index (χ2n) is 6.28. The van der Waals surface area contributed by atoms with Crippen LogP contribution in [0.4, 0.5) is 5.69 Å². The first-order chi connectivity index (χ1) is 12.7. The first-order valence-electron chi connectivity index (χ1n) is 8.71. The van der Waals surface area contributed by atoms with Crippen LogP contribution >= 0.6 is 0 Å². The molecule has 0 bridgehead atoms. The molecule has 0 spiro atoms. The zero-order valence-electron chi connectivity index (χ0n) is 15.7. The second kappa shape index (κ2) is 8.81. The molecule has 0 radical (unpaired) electrons. The molecule has 1 N–H and O–H groups in total. The maximum Gasteiger partial charge on any atom is 0.255 e. The molecular formula is C20H24N2O4S. The van der Waals surface area contributed by atoms with Crippen molar-refractivity contribution in [1.29, 1.82) is 0 Å². The largest absolute Gasteiger partial charge is 0.339 e. The van der Waals surface area contributed by atoms with E-state index in [-0.39, 0.29) is 17.6 Å². The molecule has 7 heteroatoms. The van der Waals surface area contributed by atoms with E-state index in [1.165, 1.54) is 6.26 Å². The molecule has 0 heterocycles. The lowest BCUT2D eigenvalue weighted by atomic mass is 10.1. The van der Waals surface area contributed by atoms with Gasteiger partial charge in [0.1, 0.15) is 0 Å². The highest BCUT2D eigenvalue weighted by Gasteiger charge is 2.14. The number of carbonyl (C=O) groups is 2. The predicted molar refractivity (Wildman–Crippen MR) is 107 cm³/mol. The Hall–Kier alpha value is -2.67. The van der Waals surface area contributed by atoms with Crippen molar-refractivity contribution in [2.24, 2.45) is 0 Å². The maximum atomic E-state index is 12.4. The van der Waals surface area contributed by atoms with E-state index in [0.29, 0.717) is 35.5 Å². The minimum absolute atomic E-state index is 0.0651. The van der Waals surface area contributed by atoms with Crippen molar-refractivity contribution in [3.05, 3.63) is 65.2 Å². The van der Waals surface area contributed by atoms with Gasteiger partial charge in [0.25, 0.3) is 11.8 Å². The number of hydrogen-bond donors (Lipinski definition) is 1. The van der Waals surface area contributed by atoms with E-state index in [1.54, 1.807) is 53.4 Å². The maximum absolute atomic E-state index is 12.4. The molecule has 2 amide bonds. The normalized spacial score (nSPS) is 11.1. The third-order valence-corrected chi connectivity index (χ3v) is 4.92. The molecule has 6 nitrogen and oxygen atoms in total. The van der Waals surface area contributed by atoms with Gasteiger partial charge < -0.3 is 10.2 Å². The summed E-state index contributed by atoms with van der Waals surface area (Å²) in [5, 5.41) is 2.77. The Morgan fingerprint density at radius 2 is 1.59 bits per heavy atom. The SMILES string of the molecule is CCN(CC)C(=O)c1cccc(NC(=O)c2ccc(CS(C)(=O)=O)cc2)c1. The molecule has 0 saturated carbocycles. The van der Waals surface area contributed by atoms with E-state index in [4.69, 9.17) is 0 Å². The molecule has 0 unspecified atom stereocenters. The summed E-state index contributed by atoms with van der Waals surface area (Å²) in [4.78, 5) is 26.6. The summed E-state index contributed by atoms with van der Waals surface area (Å²) in [7, 11) is -3.12. The monoisotopic (exact) mass is 388 g/mol. The lowest BCUT2D eigenvalue weighted by Crippen LogP contribution is -2.30. The van der Waals surface area contributed by atoms with Crippen LogP contribution in [0.15, 0.2) is 48.5 Å². The van der Waals surface area contributed by atoms with Crippen LogP contribution < -0.4 is 5.32 Å². The van der Waals surface area contributed by atoms with E-state index >= 15 is 0 Å². The molecule has 0 atom stereocenters. The van der Waals surface area contributed by atoms with Crippen molar-refractivity contribution in [1.82, 2.24) is 4.90 Å². The van der Waals surface area contributed by atoms with Gasteiger partial charge in [-0.2, -0.15) is 0 Å². The fourth-order valence-corrected chi connectivity index (χ4v) is 3.48. The van der Waals surface area contributed by atoms with Gasteiger partial charge in [0, 0.05) is 36.2 Å². The molecule has 2 aromatic rings. The zero-order valence-corrected chi connectivity index (χ0v) is 16.5. The molecule has 2 rings (SSSR count). The van der Waals surface area contributed by atoms with Gasteiger partial charge in [-0.1, -0.05) is 18.2 Å². The Labute approximate surface area is 160 Å². The number of amides is 2. The lowest BCUT2D eigenvalue weighted by molar-refractivity contribution is 0.0772. The number of nitrogens with one attached hydrogen (secondary N) is 1. The van der Waals surface area contributed by atoms with Gasteiger partial charge >= 0.3 is 0 Å². The molecule has 27 heavy (non-hydrogen) atoms. The molecule has 0 aliphatic carbocycles. The zero-order chi connectivity index (χ0) is 20.0. The van der Waals surface area contributed by atoms with Crippen molar-refractivity contribution in [3.8, 4) is 0 Å². The molecule has 0 aliphatic heterocycles. The topological polar surface area (TPSA) is 83.6 Å². The number of anilines is 1. The van der Waals surface area contributed by atoms with Gasteiger partial charge in [-0.15, -0.1) is 0 Å². The summed E-state index contributed by atoms with van der Waals surface area (Å²) in [6, 6.07) is 13.2. The van der Waals surface area contributed by atoms with E-state index < -0.39 is 9.84 Å². The van der Waals surface area contributed by atoms with Crippen molar-refractivity contribution in [2.75, 3.05) is 24.7 Å². The third kappa shape index (κ3) is 5.92. The Bertz CT molecular complexity index is 917. The Balaban J connectivity index is 2.12. The number of sulfone groups is 1. The lowest BCUT2D eigenvalue weighted by Gasteiger charge is -2.19. The minimum Gasteiger partial charge on any atom is -0.339 e. The Kier molecular flexibility index (Phi) is 6.74. The first kappa shape index (κ1) is 20.6. The quantitative estimate of drug-likeness (QED) is 0.790. The van der Waals surface area contributed by atoms with Crippen molar-refractivity contribution < 1.29 is 18.0 Å². The Morgan fingerprint density at radius 1 is 0.963 bits per heavy atom. The fourth-order valence-electron chi connectivity index (χ4n) is 2.68. The summed E-state index contributed by atoms with van der Waals surface area (Å²) in [6.45, 7) is 5.07. The fraction of sp³-hybridized carbons (Fsp3) is 0.300. The molecule has 0 aromatic heterocycles. The van der Waals surface area contributed by atoms with Crippen LogP contribution in [0.3, 0.4) is 0 Å². The highest BCUT2D eigenvalue weighted by Crippen LogP contribution is 2.15. The Morgan fingerprint density at radius 3 is 2.15 bits per heavy atom. The van der Waals surface area contributed by atoms with Gasteiger partial charge in [-0.05, 0) is 49.7 Å².